The molecular formula is C15H15NO. The maximum atomic E-state index is 12.1. The van der Waals surface area contributed by atoms with Gasteiger partial charge in [0.25, 0.3) is 5.91 Å². The van der Waals surface area contributed by atoms with Crippen LogP contribution >= 0.6 is 0 Å². The van der Waals surface area contributed by atoms with Gasteiger partial charge in [-0.05, 0) is 18.6 Å². The summed E-state index contributed by atoms with van der Waals surface area (Å²) in [6.45, 7) is 3.80. The molecule has 0 saturated heterocycles. The van der Waals surface area contributed by atoms with Gasteiger partial charge >= 0.3 is 0 Å². The van der Waals surface area contributed by atoms with Gasteiger partial charge in [0.1, 0.15) is 0 Å². The van der Waals surface area contributed by atoms with E-state index in [0.29, 0.717) is 5.56 Å². The van der Waals surface area contributed by atoms with Gasteiger partial charge in [-0.2, -0.15) is 0 Å². The summed E-state index contributed by atoms with van der Waals surface area (Å²) < 4.78 is 0. The minimum absolute atomic E-state index is 0.0783. The second-order valence-electron chi connectivity index (χ2n) is 4.06. The van der Waals surface area contributed by atoms with E-state index in [2.05, 4.69) is 11.9 Å². The average Bonchev–Trinajstić information content (AvgIpc) is 2.41. The van der Waals surface area contributed by atoms with Crippen LogP contribution in [-0.2, 0) is 0 Å². The van der Waals surface area contributed by atoms with Crippen LogP contribution in [-0.4, -0.2) is 11.4 Å². The highest BCUT2D eigenvalue weighted by atomic mass is 16.1. The second-order valence-corrected chi connectivity index (χ2v) is 4.06. The highest BCUT2D eigenvalue weighted by Crippen LogP contribution is 2.19. The SMILES string of the molecule is C=CC1(NC(=O)c2ccccc2)C=CC=CC1. The summed E-state index contributed by atoms with van der Waals surface area (Å²) >= 11 is 0. The molecule has 1 amide bonds. The maximum absolute atomic E-state index is 12.1. The van der Waals surface area contributed by atoms with E-state index in [9.17, 15) is 4.79 Å². The first-order valence-electron chi connectivity index (χ1n) is 5.61. The summed E-state index contributed by atoms with van der Waals surface area (Å²) in [6.07, 6.45) is 10.4. The molecule has 2 rings (SSSR count). The fraction of sp³-hybridized carbons (Fsp3) is 0.133. The lowest BCUT2D eigenvalue weighted by atomic mass is 9.91. The van der Waals surface area contributed by atoms with Crippen LogP contribution in [0.25, 0.3) is 0 Å². The predicted octanol–water partition coefficient (Wildman–Crippen LogP) is 2.86. The van der Waals surface area contributed by atoms with Gasteiger partial charge in [0.15, 0.2) is 0 Å². The Morgan fingerprint density at radius 1 is 1.29 bits per heavy atom. The number of nitrogens with one attached hydrogen (secondary N) is 1. The molecule has 1 N–H and O–H groups in total. The molecule has 1 aliphatic rings. The van der Waals surface area contributed by atoms with E-state index >= 15 is 0 Å². The number of hydrogen-bond acceptors (Lipinski definition) is 1. The molecule has 1 aromatic rings. The number of hydrogen-bond donors (Lipinski definition) is 1. The Morgan fingerprint density at radius 3 is 2.65 bits per heavy atom. The number of carbonyl (C=O) groups is 1. The van der Waals surface area contributed by atoms with Crippen molar-refractivity contribution in [2.24, 2.45) is 0 Å². The van der Waals surface area contributed by atoms with Crippen molar-refractivity contribution in [2.75, 3.05) is 0 Å². The van der Waals surface area contributed by atoms with Gasteiger partial charge in [-0.1, -0.05) is 48.6 Å². The number of benzene rings is 1. The Kier molecular flexibility index (Phi) is 3.24. The van der Waals surface area contributed by atoms with Crippen molar-refractivity contribution < 1.29 is 4.79 Å². The third kappa shape index (κ3) is 2.53. The zero-order chi connectivity index (χ0) is 12.1. The molecule has 0 heterocycles. The normalized spacial score (nSPS) is 22.1. The zero-order valence-corrected chi connectivity index (χ0v) is 9.60. The van der Waals surface area contributed by atoms with Crippen molar-refractivity contribution in [3.05, 3.63) is 72.9 Å². The van der Waals surface area contributed by atoms with E-state index in [-0.39, 0.29) is 5.91 Å². The van der Waals surface area contributed by atoms with Gasteiger partial charge in [-0.15, -0.1) is 6.58 Å². The van der Waals surface area contributed by atoms with E-state index in [1.54, 1.807) is 18.2 Å². The molecule has 0 radical (unpaired) electrons. The lowest BCUT2D eigenvalue weighted by molar-refractivity contribution is 0.0930. The molecule has 0 aliphatic heterocycles. The van der Waals surface area contributed by atoms with E-state index in [1.807, 2.05) is 42.5 Å². The lowest BCUT2D eigenvalue weighted by Gasteiger charge is -2.28. The molecule has 0 spiro atoms. The number of amides is 1. The third-order valence-electron chi connectivity index (χ3n) is 2.84. The molecule has 2 nitrogen and oxygen atoms in total. The van der Waals surface area contributed by atoms with E-state index in [1.165, 1.54) is 0 Å². The Balaban J connectivity index is 2.15. The van der Waals surface area contributed by atoms with Gasteiger partial charge < -0.3 is 5.32 Å². The Hall–Kier alpha value is -2.09. The topological polar surface area (TPSA) is 29.1 Å². The summed E-state index contributed by atoms with van der Waals surface area (Å²) in [6, 6.07) is 9.20. The maximum Gasteiger partial charge on any atom is 0.252 e. The highest BCUT2D eigenvalue weighted by molar-refractivity contribution is 5.95. The number of allylic oxidation sites excluding steroid dienone is 2. The Labute approximate surface area is 101 Å². The molecule has 0 aromatic heterocycles. The van der Waals surface area contributed by atoms with E-state index in [4.69, 9.17) is 0 Å². The van der Waals surface area contributed by atoms with Crippen LogP contribution in [0.15, 0.2) is 67.3 Å². The van der Waals surface area contributed by atoms with Gasteiger partial charge in [0.2, 0.25) is 0 Å². The Morgan fingerprint density at radius 2 is 2.06 bits per heavy atom. The number of carbonyl (C=O) groups excluding carboxylic acids is 1. The highest BCUT2D eigenvalue weighted by Gasteiger charge is 2.25. The molecule has 0 bridgehead atoms. The molecule has 0 saturated carbocycles. The lowest BCUT2D eigenvalue weighted by Crippen LogP contribution is -2.45. The molecule has 1 atom stereocenters. The van der Waals surface area contributed by atoms with Crippen molar-refractivity contribution in [1.82, 2.24) is 5.32 Å². The van der Waals surface area contributed by atoms with Crippen molar-refractivity contribution in [2.45, 2.75) is 12.0 Å². The fourth-order valence-electron chi connectivity index (χ4n) is 1.81. The van der Waals surface area contributed by atoms with Crippen LogP contribution in [0, 0.1) is 0 Å². The van der Waals surface area contributed by atoms with Crippen LogP contribution in [0.1, 0.15) is 16.8 Å². The van der Waals surface area contributed by atoms with Crippen LogP contribution in [0.2, 0.25) is 0 Å². The van der Waals surface area contributed by atoms with Crippen LogP contribution < -0.4 is 5.32 Å². The quantitative estimate of drug-likeness (QED) is 0.787. The zero-order valence-electron chi connectivity index (χ0n) is 9.60. The standard InChI is InChI=1S/C15H15NO/c1-2-15(11-7-4-8-12-15)16-14(17)13-9-5-3-6-10-13/h2-11H,1,12H2,(H,16,17). The van der Waals surface area contributed by atoms with Crippen molar-refractivity contribution in [1.29, 1.82) is 0 Å². The molecular weight excluding hydrogens is 210 g/mol. The summed E-state index contributed by atoms with van der Waals surface area (Å²) in [5, 5.41) is 3.00. The van der Waals surface area contributed by atoms with Crippen LogP contribution in [0.3, 0.4) is 0 Å². The molecule has 86 valence electrons. The fourth-order valence-corrected chi connectivity index (χ4v) is 1.81. The summed E-state index contributed by atoms with van der Waals surface area (Å²) in [4.78, 5) is 12.1. The summed E-state index contributed by atoms with van der Waals surface area (Å²) in [7, 11) is 0. The average molecular weight is 225 g/mol. The van der Waals surface area contributed by atoms with Crippen molar-refractivity contribution in [3.63, 3.8) is 0 Å². The molecule has 0 fully saturated rings. The van der Waals surface area contributed by atoms with Crippen LogP contribution in [0.4, 0.5) is 0 Å². The van der Waals surface area contributed by atoms with E-state index < -0.39 is 5.54 Å². The first-order chi connectivity index (χ1) is 8.26. The first kappa shape index (κ1) is 11.4. The summed E-state index contributed by atoms with van der Waals surface area (Å²) in [5.41, 5.74) is 0.207. The first-order valence-corrected chi connectivity index (χ1v) is 5.61. The minimum Gasteiger partial charge on any atom is -0.339 e. The number of rotatable bonds is 3. The molecule has 1 aromatic carbocycles. The molecule has 17 heavy (non-hydrogen) atoms. The van der Waals surface area contributed by atoms with Crippen molar-refractivity contribution in [3.8, 4) is 0 Å². The van der Waals surface area contributed by atoms with Gasteiger partial charge in [-0.3, -0.25) is 4.79 Å². The largest absolute Gasteiger partial charge is 0.339 e. The monoisotopic (exact) mass is 225 g/mol. The second kappa shape index (κ2) is 4.83. The molecule has 1 unspecified atom stereocenters. The van der Waals surface area contributed by atoms with Crippen molar-refractivity contribution >= 4 is 5.91 Å². The van der Waals surface area contributed by atoms with Gasteiger partial charge in [0.05, 0.1) is 5.54 Å². The Bertz CT molecular complexity index is 473. The third-order valence-corrected chi connectivity index (χ3v) is 2.84. The van der Waals surface area contributed by atoms with Gasteiger partial charge in [0, 0.05) is 5.56 Å². The molecule has 2 heteroatoms. The molecule has 1 aliphatic carbocycles. The smallest absolute Gasteiger partial charge is 0.252 e. The predicted molar refractivity (Wildman–Crippen MR) is 69.7 cm³/mol. The van der Waals surface area contributed by atoms with Gasteiger partial charge in [-0.25, -0.2) is 0 Å². The van der Waals surface area contributed by atoms with Crippen LogP contribution in [0.5, 0.6) is 0 Å². The summed E-state index contributed by atoms with van der Waals surface area (Å²) in [5.74, 6) is -0.0783. The minimum atomic E-state index is -0.457. The van der Waals surface area contributed by atoms with E-state index in [0.717, 1.165) is 6.42 Å².